The smallest absolute Gasteiger partial charge is 0.163 e. The predicted molar refractivity (Wildman–Crippen MR) is 156 cm³/mol. The standard InChI is InChI=1S/C34H32N2O3/c1-2-19-38-26-17-15-23(16-18-26)25-21-31-33(32(37)22-25)34(36-30-14-7-6-13-29(30)35-31)24-9-8-12-28(20-24)39-27-10-4-3-5-11-27/h3-18,20,25,34-36H,2,19,21-22H2,1H3. The number of hydrogen-bond donors (Lipinski definition) is 2. The van der Waals surface area contributed by atoms with Crippen LogP contribution in [0, 0.1) is 0 Å². The van der Waals surface area contributed by atoms with Crippen LogP contribution >= 0.6 is 0 Å². The van der Waals surface area contributed by atoms with Gasteiger partial charge in [-0.15, -0.1) is 0 Å². The Morgan fingerprint density at radius 1 is 0.744 bits per heavy atom. The van der Waals surface area contributed by atoms with Gasteiger partial charge in [0.2, 0.25) is 0 Å². The van der Waals surface area contributed by atoms with Crippen molar-refractivity contribution in [2.24, 2.45) is 0 Å². The number of nitrogens with one attached hydrogen (secondary N) is 2. The van der Waals surface area contributed by atoms with Crippen LogP contribution in [0.2, 0.25) is 0 Å². The predicted octanol–water partition coefficient (Wildman–Crippen LogP) is 8.25. The molecule has 39 heavy (non-hydrogen) atoms. The normalized spacial score (nSPS) is 18.2. The van der Waals surface area contributed by atoms with Gasteiger partial charge in [-0.25, -0.2) is 0 Å². The van der Waals surface area contributed by atoms with Crippen molar-refractivity contribution in [3.05, 3.63) is 126 Å². The maximum atomic E-state index is 13.9. The quantitative estimate of drug-likeness (QED) is 0.259. The molecule has 2 aliphatic rings. The molecule has 2 atom stereocenters. The topological polar surface area (TPSA) is 59.6 Å². The number of rotatable bonds is 7. The minimum atomic E-state index is -0.297. The molecule has 0 spiro atoms. The van der Waals surface area contributed by atoms with E-state index in [-0.39, 0.29) is 17.7 Å². The first kappa shape index (κ1) is 24.8. The Bertz CT molecular complexity index is 1490. The van der Waals surface area contributed by atoms with E-state index in [1.165, 1.54) is 0 Å². The van der Waals surface area contributed by atoms with E-state index in [4.69, 9.17) is 9.47 Å². The third-order valence-corrected chi connectivity index (χ3v) is 7.30. The number of anilines is 2. The molecule has 0 amide bonds. The number of hydrogen-bond acceptors (Lipinski definition) is 5. The second-order valence-electron chi connectivity index (χ2n) is 10.1. The summed E-state index contributed by atoms with van der Waals surface area (Å²) in [6, 6.07) is 33.8. The van der Waals surface area contributed by atoms with Crippen molar-refractivity contribution in [2.45, 2.75) is 38.1 Å². The third kappa shape index (κ3) is 5.39. The van der Waals surface area contributed by atoms with Gasteiger partial charge in [0.05, 0.1) is 24.0 Å². The maximum Gasteiger partial charge on any atom is 0.163 e. The Kier molecular flexibility index (Phi) is 7.05. The Morgan fingerprint density at radius 3 is 2.28 bits per heavy atom. The molecule has 0 fully saturated rings. The van der Waals surface area contributed by atoms with Gasteiger partial charge in [0.25, 0.3) is 0 Å². The lowest BCUT2D eigenvalue weighted by Crippen LogP contribution is -2.26. The zero-order chi connectivity index (χ0) is 26.6. The van der Waals surface area contributed by atoms with Gasteiger partial charge < -0.3 is 20.1 Å². The fourth-order valence-electron chi connectivity index (χ4n) is 5.42. The van der Waals surface area contributed by atoms with Crippen molar-refractivity contribution in [1.29, 1.82) is 0 Å². The summed E-state index contributed by atoms with van der Waals surface area (Å²) in [4.78, 5) is 13.9. The van der Waals surface area contributed by atoms with Gasteiger partial charge in [-0.2, -0.15) is 0 Å². The fraction of sp³-hybridized carbons (Fsp3) is 0.206. The van der Waals surface area contributed by atoms with Gasteiger partial charge >= 0.3 is 0 Å². The van der Waals surface area contributed by atoms with Crippen LogP contribution in [-0.4, -0.2) is 12.4 Å². The average Bonchev–Trinajstić information content (AvgIpc) is 3.14. The first-order chi connectivity index (χ1) is 19.2. The van der Waals surface area contributed by atoms with Crippen LogP contribution < -0.4 is 20.1 Å². The first-order valence-electron chi connectivity index (χ1n) is 13.6. The van der Waals surface area contributed by atoms with Gasteiger partial charge in [-0.05, 0) is 78.4 Å². The zero-order valence-corrected chi connectivity index (χ0v) is 22.0. The molecule has 5 nitrogen and oxygen atoms in total. The number of allylic oxidation sites excluding steroid dienone is 1. The molecule has 1 heterocycles. The van der Waals surface area contributed by atoms with Crippen LogP contribution in [-0.2, 0) is 4.79 Å². The summed E-state index contributed by atoms with van der Waals surface area (Å²) < 4.78 is 11.9. The Hall–Kier alpha value is -4.51. The lowest BCUT2D eigenvalue weighted by atomic mass is 9.78. The number of para-hydroxylation sites is 3. The molecule has 1 aliphatic carbocycles. The van der Waals surface area contributed by atoms with Crippen LogP contribution in [0.3, 0.4) is 0 Å². The molecule has 6 rings (SSSR count). The number of carbonyl (C=O) groups is 1. The van der Waals surface area contributed by atoms with Gasteiger partial charge in [0.15, 0.2) is 5.78 Å². The second-order valence-corrected chi connectivity index (χ2v) is 10.1. The second kappa shape index (κ2) is 11.1. The van der Waals surface area contributed by atoms with Crippen molar-refractivity contribution in [2.75, 3.05) is 17.2 Å². The summed E-state index contributed by atoms with van der Waals surface area (Å²) >= 11 is 0. The summed E-state index contributed by atoms with van der Waals surface area (Å²) in [6.45, 7) is 2.80. The molecule has 0 saturated heterocycles. The summed E-state index contributed by atoms with van der Waals surface area (Å²) in [5, 5.41) is 7.29. The van der Waals surface area contributed by atoms with Gasteiger partial charge in [-0.1, -0.05) is 61.5 Å². The molecule has 196 valence electrons. The highest BCUT2D eigenvalue weighted by molar-refractivity contribution is 6.01. The summed E-state index contributed by atoms with van der Waals surface area (Å²) in [5.74, 6) is 2.63. The van der Waals surface area contributed by atoms with E-state index >= 15 is 0 Å². The number of ketones is 1. The molecule has 5 heteroatoms. The first-order valence-corrected chi connectivity index (χ1v) is 13.6. The molecule has 0 radical (unpaired) electrons. The number of carbonyl (C=O) groups excluding carboxylic acids is 1. The van der Waals surface area contributed by atoms with E-state index in [9.17, 15) is 4.79 Å². The molecule has 2 unspecified atom stereocenters. The van der Waals surface area contributed by atoms with Crippen molar-refractivity contribution in [1.82, 2.24) is 0 Å². The molecule has 0 aromatic heterocycles. The molecular formula is C34H32N2O3. The molecule has 2 N–H and O–H groups in total. The zero-order valence-electron chi connectivity index (χ0n) is 22.0. The van der Waals surface area contributed by atoms with Gasteiger partial charge in [-0.3, -0.25) is 4.79 Å². The van der Waals surface area contributed by atoms with Crippen molar-refractivity contribution in [3.8, 4) is 17.2 Å². The number of fused-ring (bicyclic) bond motifs is 1. The van der Waals surface area contributed by atoms with E-state index < -0.39 is 0 Å². The van der Waals surface area contributed by atoms with Crippen molar-refractivity contribution >= 4 is 17.2 Å². The maximum absolute atomic E-state index is 13.9. The van der Waals surface area contributed by atoms with Gasteiger partial charge in [0.1, 0.15) is 17.2 Å². The molecule has 0 bridgehead atoms. The van der Waals surface area contributed by atoms with E-state index in [1.807, 2.05) is 72.8 Å². The minimum absolute atomic E-state index is 0.0997. The highest BCUT2D eigenvalue weighted by Crippen LogP contribution is 2.44. The van der Waals surface area contributed by atoms with Crippen LogP contribution in [0.4, 0.5) is 11.4 Å². The van der Waals surface area contributed by atoms with Crippen LogP contribution in [0.15, 0.2) is 114 Å². The number of Topliss-reactive ketones (excluding diaryl/α,β-unsaturated/α-hetero) is 1. The highest BCUT2D eigenvalue weighted by atomic mass is 16.5. The van der Waals surface area contributed by atoms with Crippen molar-refractivity contribution in [3.63, 3.8) is 0 Å². The molecule has 4 aromatic carbocycles. The summed E-state index contributed by atoms with van der Waals surface area (Å²) in [7, 11) is 0. The Morgan fingerprint density at radius 2 is 1.49 bits per heavy atom. The average molecular weight is 517 g/mol. The lowest BCUT2D eigenvalue weighted by Gasteiger charge is -2.30. The van der Waals surface area contributed by atoms with Crippen LogP contribution in [0.5, 0.6) is 17.2 Å². The largest absolute Gasteiger partial charge is 0.494 e. The highest BCUT2D eigenvalue weighted by Gasteiger charge is 2.36. The minimum Gasteiger partial charge on any atom is -0.494 e. The molecular weight excluding hydrogens is 484 g/mol. The van der Waals surface area contributed by atoms with Crippen molar-refractivity contribution < 1.29 is 14.3 Å². The lowest BCUT2D eigenvalue weighted by molar-refractivity contribution is -0.116. The van der Waals surface area contributed by atoms with Crippen LogP contribution in [0.25, 0.3) is 0 Å². The van der Waals surface area contributed by atoms with E-state index in [0.29, 0.717) is 13.0 Å². The number of benzene rings is 4. The summed E-state index contributed by atoms with van der Waals surface area (Å²) in [5.41, 5.74) is 5.84. The third-order valence-electron chi connectivity index (χ3n) is 7.30. The van der Waals surface area contributed by atoms with Crippen LogP contribution in [0.1, 0.15) is 49.3 Å². The SMILES string of the molecule is CCCOc1ccc(C2CC(=O)C3=C(C2)Nc2ccccc2NC3c2cccc(Oc3ccccc3)c2)cc1. The summed E-state index contributed by atoms with van der Waals surface area (Å²) in [6.07, 6.45) is 2.19. The monoisotopic (exact) mass is 516 g/mol. The Labute approximate surface area is 229 Å². The fourth-order valence-corrected chi connectivity index (χ4v) is 5.42. The van der Waals surface area contributed by atoms with E-state index in [0.717, 1.165) is 63.9 Å². The molecule has 0 saturated carbocycles. The Balaban J connectivity index is 1.34. The molecule has 1 aliphatic heterocycles. The van der Waals surface area contributed by atoms with E-state index in [1.54, 1.807) is 0 Å². The molecule has 4 aromatic rings. The number of ether oxygens (including phenoxy) is 2. The van der Waals surface area contributed by atoms with Gasteiger partial charge in [0, 0.05) is 17.7 Å². The van der Waals surface area contributed by atoms with E-state index in [2.05, 4.69) is 47.9 Å².